The minimum atomic E-state index is -0.386. The lowest BCUT2D eigenvalue weighted by Crippen LogP contribution is -2.30. The van der Waals surface area contributed by atoms with Crippen molar-refractivity contribution in [1.29, 1.82) is 0 Å². The monoisotopic (exact) mass is 264 g/mol. The van der Waals surface area contributed by atoms with Gasteiger partial charge in [0.05, 0.1) is 6.04 Å². The van der Waals surface area contributed by atoms with E-state index in [9.17, 15) is 4.39 Å². The van der Waals surface area contributed by atoms with Crippen molar-refractivity contribution < 1.29 is 4.39 Å². The van der Waals surface area contributed by atoms with Gasteiger partial charge in [0.2, 0.25) is 0 Å². The van der Waals surface area contributed by atoms with E-state index in [1.54, 1.807) is 12.1 Å². The summed E-state index contributed by atoms with van der Waals surface area (Å²) in [6.45, 7) is 1.97. The van der Waals surface area contributed by atoms with Gasteiger partial charge in [0.1, 0.15) is 5.82 Å². The molecule has 2 aromatic carbocycles. The Labute approximate surface area is 111 Å². The number of benzene rings is 2. The minimum absolute atomic E-state index is 0.367. The van der Waals surface area contributed by atoms with Crippen LogP contribution in [-0.4, -0.2) is 0 Å². The van der Waals surface area contributed by atoms with Gasteiger partial charge in [-0.25, -0.2) is 9.82 Å². The molecule has 0 aliphatic heterocycles. The highest BCUT2D eigenvalue weighted by Crippen LogP contribution is 2.27. The molecule has 0 saturated heterocycles. The maximum Gasteiger partial charge on any atom is 0.129 e. The Morgan fingerprint density at radius 2 is 1.89 bits per heavy atom. The van der Waals surface area contributed by atoms with E-state index in [1.807, 2.05) is 31.2 Å². The molecule has 2 aromatic rings. The molecule has 0 aliphatic rings. The Morgan fingerprint density at radius 3 is 2.50 bits per heavy atom. The zero-order chi connectivity index (χ0) is 13.1. The first-order chi connectivity index (χ1) is 8.63. The molecule has 2 rings (SSSR count). The summed E-state index contributed by atoms with van der Waals surface area (Å²) in [5.41, 5.74) is 5.13. The SMILES string of the molecule is Cc1ccccc1C(NN)c1ccc(Cl)cc1F. The van der Waals surface area contributed by atoms with Crippen molar-refractivity contribution in [3.05, 3.63) is 70.0 Å². The molecule has 0 heterocycles. The van der Waals surface area contributed by atoms with Gasteiger partial charge in [-0.2, -0.15) is 0 Å². The van der Waals surface area contributed by atoms with Crippen LogP contribution >= 0.6 is 11.6 Å². The second-order valence-corrected chi connectivity index (χ2v) is 4.56. The number of nitrogens with one attached hydrogen (secondary N) is 1. The van der Waals surface area contributed by atoms with Crippen LogP contribution in [0.5, 0.6) is 0 Å². The van der Waals surface area contributed by atoms with Crippen molar-refractivity contribution >= 4 is 11.6 Å². The lowest BCUT2D eigenvalue weighted by atomic mass is 9.95. The van der Waals surface area contributed by atoms with Gasteiger partial charge in [-0.05, 0) is 30.2 Å². The quantitative estimate of drug-likeness (QED) is 0.659. The third-order valence-corrected chi connectivity index (χ3v) is 3.17. The molecule has 0 saturated carbocycles. The van der Waals surface area contributed by atoms with Gasteiger partial charge < -0.3 is 0 Å². The number of hydrazine groups is 1. The summed E-state index contributed by atoms with van der Waals surface area (Å²) >= 11 is 5.75. The average Bonchev–Trinajstić information content (AvgIpc) is 2.34. The third kappa shape index (κ3) is 2.53. The van der Waals surface area contributed by atoms with Crippen LogP contribution in [0.3, 0.4) is 0 Å². The van der Waals surface area contributed by atoms with Crippen LogP contribution in [0.1, 0.15) is 22.7 Å². The number of aryl methyl sites for hydroxylation is 1. The molecule has 1 atom stereocenters. The lowest BCUT2D eigenvalue weighted by Gasteiger charge is -2.19. The van der Waals surface area contributed by atoms with Crippen molar-refractivity contribution in [3.8, 4) is 0 Å². The van der Waals surface area contributed by atoms with Gasteiger partial charge in [-0.3, -0.25) is 5.84 Å². The molecule has 0 aromatic heterocycles. The fourth-order valence-corrected chi connectivity index (χ4v) is 2.15. The summed E-state index contributed by atoms with van der Waals surface area (Å²) in [5, 5.41) is 0.372. The Morgan fingerprint density at radius 1 is 1.17 bits per heavy atom. The third-order valence-electron chi connectivity index (χ3n) is 2.94. The van der Waals surface area contributed by atoms with Gasteiger partial charge in [0.15, 0.2) is 0 Å². The van der Waals surface area contributed by atoms with Gasteiger partial charge in [0, 0.05) is 10.6 Å². The zero-order valence-electron chi connectivity index (χ0n) is 9.95. The lowest BCUT2D eigenvalue weighted by molar-refractivity contribution is 0.559. The topological polar surface area (TPSA) is 38.0 Å². The first-order valence-corrected chi connectivity index (χ1v) is 5.98. The zero-order valence-corrected chi connectivity index (χ0v) is 10.7. The minimum Gasteiger partial charge on any atom is -0.271 e. The van der Waals surface area contributed by atoms with Crippen LogP contribution in [0.25, 0.3) is 0 Å². The summed E-state index contributed by atoms with van der Waals surface area (Å²) in [6.07, 6.45) is 0. The summed E-state index contributed by atoms with van der Waals surface area (Å²) in [7, 11) is 0. The molecule has 0 bridgehead atoms. The van der Waals surface area contributed by atoms with Gasteiger partial charge in [-0.15, -0.1) is 0 Å². The summed E-state index contributed by atoms with van der Waals surface area (Å²) in [5.74, 6) is 5.20. The summed E-state index contributed by atoms with van der Waals surface area (Å²) in [4.78, 5) is 0. The van der Waals surface area contributed by atoms with Crippen LogP contribution < -0.4 is 11.3 Å². The fraction of sp³-hybridized carbons (Fsp3) is 0.143. The molecule has 0 fully saturated rings. The van der Waals surface area contributed by atoms with Crippen LogP contribution in [0.2, 0.25) is 5.02 Å². The molecule has 2 nitrogen and oxygen atoms in total. The molecule has 3 N–H and O–H groups in total. The highest BCUT2D eigenvalue weighted by Gasteiger charge is 2.18. The van der Waals surface area contributed by atoms with Crippen molar-refractivity contribution in [2.24, 2.45) is 5.84 Å². The van der Waals surface area contributed by atoms with E-state index in [4.69, 9.17) is 17.4 Å². The molecule has 0 spiro atoms. The van der Waals surface area contributed by atoms with Crippen LogP contribution in [-0.2, 0) is 0 Å². The Balaban J connectivity index is 2.49. The predicted molar refractivity (Wildman–Crippen MR) is 71.8 cm³/mol. The second kappa shape index (κ2) is 5.48. The second-order valence-electron chi connectivity index (χ2n) is 4.12. The maximum atomic E-state index is 13.9. The van der Waals surface area contributed by atoms with E-state index in [0.717, 1.165) is 11.1 Å². The summed E-state index contributed by atoms with van der Waals surface area (Å²) < 4.78 is 13.9. The van der Waals surface area contributed by atoms with E-state index in [-0.39, 0.29) is 11.9 Å². The van der Waals surface area contributed by atoms with Crippen molar-refractivity contribution in [3.63, 3.8) is 0 Å². The van der Waals surface area contributed by atoms with E-state index >= 15 is 0 Å². The highest BCUT2D eigenvalue weighted by molar-refractivity contribution is 6.30. The van der Waals surface area contributed by atoms with E-state index < -0.39 is 0 Å². The number of hydrogen-bond acceptors (Lipinski definition) is 2. The number of rotatable bonds is 3. The van der Waals surface area contributed by atoms with Crippen molar-refractivity contribution in [2.45, 2.75) is 13.0 Å². The molecule has 0 radical (unpaired) electrons. The highest BCUT2D eigenvalue weighted by atomic mass is 35.5. The molecule has 18 heavy (non-hydrogen) atoms. The standard InChI is InChI=1S/C14H14ClFN2/c1-9-4-2-3-5-11(9)14(18-17)12-7-6-10(15)8-13(12)16/h2-8,14,18H,17H2,1H3. The smallest absolute Gasteiger partial charge is 0.129 e. The molecule has 0 amide bonds. The van der Waals surface area contributed by atoms with Crippen molar-refractivity contribution in [2.75, 3.05) is 0 Å². The number of halogens is 2. The van der Waals surface area contributed by atoms with Crippen molar-refractivity contribution in [1.82, 2.24) is 5.43 Å². The van der Waals surface area contributed by atoms with Gasteiger partial charge in [-0.1, -0.05) is 41.9 Å². The maximum absolute atomic E-state index is 13.9. The molecule has 94 valence electrons. The largest absolute Gasteiger partial charge is 0.271 e. The average molecular weight is 265 g/mol. The number of nitrogens with two attached hydrogens (primary N) is 1. The van der Waals surface area contributed by atoms with Crippen LogP contribution in [0.4, 0.5) is 4.39 Å². The first-order valence-electron chi connectivity index (χ1n) is 5.60. The van der Waals surface area contributed by atoms with Crippen LogP contribution in [0.15, 0.2) is 42.5 Å². The number of hydrogen-bond donors (Lipinski definition) is 2. The molecule has 4 heteroatoms. The predicted octanol–water partition coefficient (Wildman–Crippen LogP) is 3.34. The van der Waals surface area contributed by atoms with Gasteiger partial charge in [0.25, 0.3) is 0 Å². The molecule has 1 unspecified atom stereocenters. The van der Waals surface area contributed by atoms with E-state index in [1.165, 1.54) is 6.07 Å². The fourth-order valence-electron chi connectivity index (χ4n) is 1.99. The Hall–Kier alpha value is -1.42. The normalized spacial score (nSPS) is 12.4. The molecular weight excluding hydrogens is 251 g/mol. The Kier molecular flexibility index (Phi) is 3.97. The molecule has 0 aliphatic carbocycles. The Bertz CT molecular complexity index is 557. The van der Waals surface area contributed by atoms with E-state index in [2.05, 4.69) is 5.43 Å². The molecular formula is C14H14ClFN2. The van der Waals surface area contributed by atoms with Gasteiger partial charge >= 0.3 is 0 Å². The summed E-state index contributed by atoms with van der Waals surface area (Å²) in [6, 6.07) is 11.9. The van der Waals surface area contributed by atoms with E-state index in [0.29, 0.717) is 10.6 Å². The van der Waals surface area contributed by atoms with Crippen LogP contribution in [0, 0.1) is 12.7 Å². The first kappa shape index (κ1) is 13.0.